The highest BCUT2D eigenvalue weighted by atomic mass is 16.3. The maximum atomic E-state index is 10.5. The molecule has 0 radical (unpaired) electrons. The van der Waals surface area contributed by atoms with Gasteiger partial charge in [-0.15, -0.1) is 0 Å². The lowest BCUT2D eigenvalue weighted by atomic mass is 9.83. The molecule has 0 aromatic heterocycles. The second-order valence-corrected chi connectivity index (χ2v) is 6.93. The van der Waals surface area contributed by atoms with Crippen molar-refractivity contribution in [3.05, 3.63) is 91.0 Å². The number of para-hydroxylation sites is 2. The molecule has 0 unspecified atom stereocenters. The van der Waals surface area contributed by atoms with Crippen LogP contribution >= 0.6 is 0 Å². The number of anilines is 2. The molecule has 0 saturated carbocycles. The van der Waals surface area contributed by atoms with E-state index >= 15 is 0 Å². The van der Waals surface area contributed by atoms with Crippen molar-refractivity contribution in [1.82, 2.24) is 0 Å². The van der Waals surface area contributed by atoms with Gasteiger partial charge in [0.15, 0.2) is 0 Å². The Morgan fingerprint density at radius 1 is 0.750 bits per heavy atom. The van der Waals surface area contributed by atoms with Crippen LogP contribution < -0.4 is 5.32 Å². The van der Waals surface area contributed by atoms with E-state index in [4.69, 9.17) is 0 Å². The number of fused-ring (bicyclic) bond motifs is 2. The monoisotopic (exact) mass is 361 g/mol. The van der Waals surface area contributed by atoms with Crippen molar-refractivity contribution in [1.29, 1.82) is 0 Å². The van der Waals surface area contributed by atoms with Gasteiger partial charge in [0.1, 0.15) is 5.75 Å². The average Bonchev–Trinajstić information content (AvgIpc) is 2.74. The summed E-state index contributed by atoms with van der Waals surface area (Å²) in [6.07, 6.45) is 3.76. The molecule has 2 heteroatoms. The van der Waals surface area contributed by atoms with Crippen LogP contribution in [-0.2, 0) is 0 Å². The van der Waals surface area contributed by atoms with Gasteiger partial charge in [0, 0.05) is 33.5 Å². The summed E-state index contributed by atoms with van der Waals surface area (Å²) in [7, 11) is 0. The molecule has 4 aromatic rings. The number of rotatable bonds is 3. The first-order valence-corrected chi connectivity index (χ1v) is 9.26. The maximum Gasteiger partial charge on any atom is 0.123 e. The smallest absolute Gasteiger partial charge is 0.123 e. The molecule has 134 valence electrons. The van der Waals surface area contributed by atoms with Gasteiger partial charge in [-0.3, -0.25) is 0 Å². The lowest BCUT2D eigenvalue weighted by Crippen LogP contribution is -2.04. The summed E-state index contributed by atoms with van der Waals surface area (Å²) in [6, 6.07) is 22.1. The molecule has 0 atom stereocenters. The summed E-state index contributed by atoms with van der Waals surface area (Å²) in [5.74, 6) is 0.280. The third-order valence-corrected chi connectivity index (χ3v) is 5.46. The molecule has 0 spiro atoms. The van der Waals surface area contributed by atoms with E-state index < -0.39 is 0 Å². The van der Waals surface area contributed by atoms with Crippen LogP contribution in [0, 0.1) is 0 Å². The van der Waals surface area contributed by atoms with Gasteiger partial charge in [-0.2, -0.15) is 0 Å². The van der Waals surface area contributed by atoms with Crippen LogP contribution in [-0.4, -0.2) is 5.11 Å². The Balaban J connectivity index is 2.00. The SMILES string of the molecule is C=Cc1cc2c3c(c(-c4ccccc4O)ccc3c1C=C)-c1ccccc1N2. The van der Waals surface area contributed by atoms with Gasteiger partial charge in [0.05, 0.1) is 0 Å². The van der Waals surface area contributed by atoms with E-state index in [-0.39, 0.29) is 5.75 Å². The van der Waals surface area contributed by atoms with Crippen molar-refractivity contribution in [2.75, 3.05) is 5.32 Å². The quantitative estimate of drug-likeness (QED) is 0.355. The van der Waals surface area contributed by atoms with Crippen molar-refractivity contribution < 1.29 is 5.11 Å². The van der Waals surface area contributed by atoms with E-state index in [1.165, 1.54) is 0 Å². The Hall–Kier alpha value is -3.78. The van der Waals surface area contributed by atoms with Crippen molar-refractivity contribution in [2.45, 2.75) is 0 Å². The summed E-state index contributed by atoms with van der Waals surface area (Å²) < 4.78 is 0. The Kier molecular flexibility index (Phi) is 3.59. The third-order valence-electron chi connectivity index (χ3n) is 5.46. The Bertz CT molecular complexity index is 1280. The molecule has 28 heavy (non-hydrogen) atoms. The van der Waals surface area contributed by atoms with E-state index in [2.05, 4.69) is 48.8 Å². The third kappa shape index (κ3) is 2.21. The first-order chi connectivity index (χ1) is 13.7. The van der Waals surface area contributed by atoms with E-state index in [0.29, 0.717) is 0 Å². The Labute approximate surface area is 164 Å². The molecule has 0 bridgehead atoms. The van der Waals surface area contributed by atoms with Gasteiger partial charge < -0.3 is 10.4 Å². The fourth-order valence-electron chi connectivity index (χ4n) is 4.22. The number of aromatic hydroxyl groups is 1. The number of hydrogen-bond acceptors (Lipinski definition) is 2. The van der Waals surface area contributed by atoms with E-state index in [1.807, 2.05) is 42.5 Å². The summed E-state index contributed by atoms with van der Waals surface area (Å²) >= 11 is 0. The van der Waals surface area contributed by atoms with Gasteiger partial charge in [0.25, 0.3) is 0 Å². The number of phenolic OH excluding ortho intramolecular Hbond substituents is 1. The normalized spacial score (nSPS) is 11.6. The molecule has 2 N–H and O–H groups in total. The molecule has 1 aliphatic rings. The molecular weight excluding hydrogens is 342 g/mol. The highest BCUT2D eigenvalue weighted by Crippen LogP contribution is 2.50. The van der Waals surface area contributed by atoms with E-state index in [9.17, 15) is 5.11 Å². The lowest BCUT2D eigenvalue weighted by molar-refractivity contribution is 0.477. The fraction of sp³-hybridized carbons (Fsp3) is 0. The van der Waals surface area contributed by atoms with Gasteiger partial charge >= 0.3 is 0 Å². The molecule has 2 nitrogen and oxygen atoms in total. The Morgan fingerprint density at radius 3 is 2.25 bits per heavy atom. The molecule has 4 aromatic carbocycles. The number of phenols is 1. The summed E-state index contributed by atoms with van der Waals surface area (Å²) in [5, 5.41) is 16.4. The topological polar surface area (TPSA) is 32.3 Å². The standard InChI is InChI=1S/C26H19NO/c1-3-16-15-23-26-19(17(16)4-2)13-14-20(18-9-6-8-12-24(18)28)25(26)21-10-5-7-11-22(21)27-23/h3-15,27-28H,1-2H2. The van der Waals surface area contributed by atoms with E-state index in [0.717, 1.165) is 55.5 Å². The molecule has 0 aliphatic carbocycles. The van der Waals surface area contributed by atoms with Crippen LogP contribution in [0.5, 0.6) is 5.75 Å². The van der Waals surface area contributed by atoms with Crippen LogP contribution in [0.1, 0.15) is 11.1 Å². The molecule has 0 amide bonds. The summed E-state index contributed by atoms with van der Waals surface area (Å²) in [4.78, 5) is 0. The molecule has 5 rings (SSSR count). The number of benzene rings is 4. The number of hydrogen-bond donors (Lipinski definition) is 2. The van der Waals surface area contributed by atoms with Crippen molar-refractivity contribution >= 4 is 34.3 Å². The average molecular weight is 361 g/mol. The van der Waals surface area contributed by atoms with Crippen molar-refractivity contribution in [3.63, 3.8) is 0 Å². The minimum Gasteiger partial charge on any atom is -0.507 e. The largest absolute Gasteiger partial charge is 0.507 e. The molecule has 1 heterocycles. The first-order valence-electron chi connectivity index (χ1n) is 9.26. The zero-order valence-electron chi connectivity index (χ0n) is 15.4. The number of nitrogens with one attached hydrogen (secondary N) is 1. The minimum atomic E-state index is 0.280. The molecule has 0 fully saturated rings. The van der Waals surface area contributed by atoms with Crippen molar-refractivity contribution in [3.8, 4) is 28.0 Å². The minimum absolute atomic E-state index is 0.280. The van der Waals surface area contributed by atoms with Gasteiger partial charge in [-0.1, -0.05) is 73.8 Å². The highest BCUT2D eigenvalue weighted by molar-refractivity contribution is 6.18. The molecule has 0 saturated heterocycles. The molecule has 1 aliphatic heterocycles. The van der Waals surface area contributed by atoms with Crippen LogP contribution in [0.4, 0.5) is 11.4 Å². The van der Waals surface area contributed by atoms with Gasteiger partial charge in [0.2, 0.25) is 0 Å². The maximum absolute atomic E-state index is 10.5. The molecular formula is C26H19NO. The van der Waals surface area contributed by atoms with Gasteiger partial charge in [-0.05, 0) is 40.3 Å². The zero-order chi connectivity index (χ0) is 19.3. The lowest BCUT2D eigenvalue weighted by Gasteiger charge is -2.26. The van der Waals surface area contributed by atoms with Gasteiger partial charge in [-0.25, -0.2) is 0 Å². The summed E-state index contributed by atoms with van der Waals surface area (Å²) in [5.41, 5.74) is 8.31. The van der Waals surface area contributed by atoms with E-state index in [1.54, 1.807) is 6.07 Å². The van der Waals surface area contributed by atoms with Crippen LogP contribution in [0.3, 0.4) is 0 Å². The highest BCUT2D eigenvalue weighted by Gasteiger charge is 2.24. The first kappa shape index (κ1) is 16.4. The van der Waals surface area contributed by atoms with Crippen LogP contribution in [0.15, 0.2) is 79.9 Å². The fourth-order valence-corrected chi connectivity index (χ4v) is 4.22. The Morgan fingerprint density at radius 2 is 1.50 bits per heavy atom. The predicted molar refractivity (Wildman–Crippen MR) is 120 cm³/mol. The predicted octanol–water partition coefficient (Wildman–Crippen LogP) is 7.22. The second kappa shape index (κ2) is 6.14. The zero-order valence-corrected chi connectivity index (χ0v) is 15.4. The van der Waals surface area contributed by atoms with Crippen molar-refractivity contribution in [2.24, 2.45) is 0 Å². The van der Waals surface area contributed by atoms with Crippen LogP contribution in [0.25, 0.3) is 45.2 Å². The summed E-state index contributed by atoms with van der Waals surface area (Å²) in [6.45, 7) is 8.00. The van der Waals surface area contributed by atoms with Crippen LogP contribution in [0.2, 0.25) is 0 Å². The second-order valence-electron chi connectivity index (χ2n) is 6.93.